The summed E-state index contributed by atoms with van der Waals surface area (Å²) in [7, 11) is 2.92. The van der Waals surface area contributed by atoms with Crippen molar-refractivity contribution in [3.63, 3.8) is 0 Å². The van der Waals surface area contributed by atoms with Crippen LogP contribution in [-0.2, 0) is 0 Å². The number of nitrogens with zero attached hydrogens (tertiary/aromatic N) is 2. The number of ether oxygens (including phenoxy) is 2. The molecule has 2 heterocycles. The highest BCUT2D eigenvalue weighted by atomic mass is 16.5. The van der Waals surface area contributed by atoms with Crippen LogP contribution in [0.4, 0.5) is 0 Å². The van der Waals surface area contributed by atoms with Crippen molar-refractivity contribution in [2.24, 2.45) is 0 Å². The zero-order valence-corrected chi connectivity index (χ0v) is 16.7. The predicted octanol–water partition coefficient (Wildman–Crippen LogP) is 2.30. The molecule has 0 fully saturated rings. The normalized spacial score (nSPS) is 10.3. The molecule has 156 valence electrons. The van der Waals surface area contributed by atoms with Gasteiger partial charge in [0.25, 0.3) is 11.8 Å². The van der Waals surface area contributed by atoms with Gasteiger partial charge in [0.1, 0.15) is 5.56 Å². The molecule has 9 nitrogen and oxygen atoms in total. The zero-order chi connectivity index (χ0) is 21.3. The van der Waals surface area contributed by atoms with Crippen molar-refractivity contribution < 1.29 is 23.6 Å². The number of carbonyl (C=O) groups is 2. The summed E-state index contributed by atoms with van der Waals surface area (Å²) in [6.07, 6.45) is 0.534. The van der Waals surface area contributed by atoms with E-state index in [1.54, 1.807) is 18.2 Å². The molecule has 3 aromatic rings. The number of amides is 2. The van der Waals surface area contributed by atoms with Gasteiger partial charge in [-0.25, -0.2) is 0 Å². The topological polar surface area (TPSA) is 116 Å². The summed E-state index contributed by atoms with van der Waals surface area (Å²) in [4.78, 5) is 28.6. The lowest BCUT2D eigenvalue weighted by molar-refractivity contribution is 0.0944. The van der Waals surface area contributed by atoms with Crippen molar-refractivity contribution in [3.05, 3.63) is 59.8 Å². The molecule has 2 N–H and O–H groups in total. The van der Waals surface area contributed by atoms with Crippen LogP contribution >= 0.6 is 0 Å². The van der Waals surface area contributed by atoms with E-state index in [0.717, 1.165) is 5.56 Å². The third-order valence-corrected chi connectivity index (χ3v) is 4.21. The Kier molecular flexibility index (Phi) is 6.99. The van der Waals surface area contributed by atoms with Crippen LogP contribution in [0.15, 0.2) is 53.1 Å². The van der Waals surface area contributed by atoms with E-state index in [4.69, 9.17) is 14.0 Å². The minimum atomic E-state index is -0.340. The molecule has 0 aliphatic heterocycles. The summed E-state index contributed by atoms with van der Waals surface area (Å²) in [5.41, 5.74) is 1.35. The standard InChI is InChI=1S/C21H22N4O5/c1-28-18-10-9-15(21(24-18)29-2)19(26)22-11-6-12-23-20(27)16-13-17(30-25-16)14-7-4-3-5-8-14/h3-5,7-10,13H,6,11-12H2,1-2H3,(H,22,26)(H,23,27). The first kappa shape index (κ1) is 20.8. The SMILES string of the molecule is COc1ccc(C(=O)NCCCNC(=O)c2cc(-c3ccccc3)on2)c(OC)n1. The Morgan fingerprint density at radius 1 is 0.967 bits per heavy atom. The Morgan fingerprint density at radius 3 is 2.40 bits per heavy atom. The van der Waals surface area contributed by atoms with Gasteiger partial charge in [-0.2, -0.15) is 4.98 Å². The highest BCUT2D eigenvalue weighted by Crippen LogP contribution is 2.20. The Bertz CT molecular complexity index is 1000. The minimum absolute atomic E-state index is 0.181. The first-order chi connectivity index (χ1) is 14.6. The molecule has 2 aromatic heterocycles. The molecular weight excluding hydrogens is 388 g/mol. The number of benzene rings is 1. The number of hydrogen-bond donors (Lipinski definition) is 2. The summed E-state index contributed by atoms with van der Waals surface area (Å²) in [5.74, 6) is 0.399. The fourth-order valence-electron chi connectivity index (χ4n) is 2.66. The maximum Gasteiger partial charge on any atom is 0.273 e. The number of methoxy groups -OCH3 is 2. The van der Waals surface area contributed by atoms with E-state index in [0.29, 0.717) is 36.7 Å². The summed E-state index contributed by atoms with van der Waals surface area (Å²) in [6.45, 7) is 0.729. The average molecular weight is 410 g/mol. The van der Waals surface area contributed by atoms with Crippen LogP contribution < -0.4 is 20.1 Å². The maximum atomic E-state index is 12.3. The van der Waals surface area contributed by atoms with Gasteiger partial charge in [0, 0.05) is 30.8 Å². The molecule has 0 aliphatic carbocycles. The lowest BCUT2D eigenvalue weighted by atomic mass is 10.1. The Hall–Kier alpha value is -3.88. The second-order valence-electron chi connectivity index (χ2n) is 6.22. The van der Waals surface area contributed by atoms with Crippen LogP contribution in [0.25, 0.3) is 11.3 Å². The third kappa shape index (κ3) is 5.13. The second kappa shape index (κ2) is 10.1. The van der Waals surface area contributed by atoms with E-state index in [1.165, 1.54) is 14.2 Å². The van der Waals surface area contributed by atoms with Crippen molar-refractivity contribution in [2.75, 3.05) is 27.3 Å². The van der Waals surface area contributed by atoms with E-state index in [9.17, 15) is 9.59 Å². The van der Waals surface area contributed by atoms with Crippen LogP contribution in [0, 0.1) is 0 Å². The molecule has 0 atom stereocenters. The molecule has 3 rings (SSSR count). The van der Waals surface area contributed by atoms with Gasteiger partial charge in [-0.15, -0.1) is 0 Å². The fourth-order valence-corrected chi connectivity index (χ4v) is 2.66. The van der Waals surface area contributed by atoms with E-state index < -0.39 is 0 Å². The lowest BCUT2D eigenvalue weighted by Gasteiger charge is -2.10. The van der Waals surface area contributed by atoms with Crippen molar-refractivity contribution in [1.29, 1.82) is 0 Å². The molecule has 0 bridgehead atoms. The molecule has 0 saturated carbocycles. The largest absolute Gasteiger partial charge is 0.481 e. The monoisotopic (exact) mass is 410 g/mol. The van der Waals surface area contributed by atoms with Crippen LogP contribution in [0.5, 0.6) is 11.8 Å². The van der Waals surface area contributed by atoms with Gasteiger partial charge in [0.05, 0.1) is 14.2 Å². The van der Waals surface area contributed by atoms with Gasteiger partial charge in [-0.1, -0.05) is 35.5 Å². The summed E-state index contributed by atoms with van der Waals surface area (Å²) in [6, 6.07) is 14.2. The smallest absolute Gasteiger partial charge is 0.273 e. The number of hydrogen-bond acceptors (Lipinski definition) is 7. The predicted molar refractivity (Wildman–Crippen MR) is 109 cm³/mol. The minimum Gasteiger partial charge on any atom is -0.481 e. The molecular formula is C21H22N4O5. The third-order valence-electron chi connectivity index (χ3n) is 4.21. The first-order valence-corrected chi connectivity index (χ1v) is 9.30. The first-order valence-electron chi connectivity index (χ1n) is 9.30. The number of carbonyl (C=O) groups excluding carboxylic acids is 2. The van der Waals surface area contributed by atoms with E-state index in [-0.39, 0.29) is 23.4 Å². The summed E-state index contributed by atoms with van der Waals surface area (Å²) < 4.78 is 15.4. The van der Waals surface area contributed by atoms with Gasteiger partial charge in [-0.05, 0) is 12.5 Å². The van der Waals surface area contributed by atoms with Gasteiger partial charge < -0.3 is 24.6 Å². The second-order valence-corrected chi connectivity index (χ2v) is 6.22. The molecule has 0 saturated heterocycles. The van der Waals surface area contributed by atoms with Crippen LogP contribution in [-0.4, -0.2) is 49.3 Å². The summed E-state index contributed by atoms with van der Waals surface area (Å²) in [5, 5.41) is 9.32. The fraction of sp³-hybridized carbons (Fsp3) is 0.238. The van der Waals surface area contributed by atoms with Crippen LogP contribution in [0.2, 0.25) is 0 Å². The van der Waals surface area contributed by atoms with Crippen LogP contribution in [0.1, 0.15) is 27.3 Å². The average Bonchev–Trinajstić information content (AvgIpc) is 3.29. The van der Waals surface area contributed by atoms with Crippen molar-refractivity contribution in [1.82, 2.24) is 20.8 Å². The van der Waals surface area contributed by atoms with Crippen LogP contribution in [0.3, 0.4) is 0 Å². The van der Waals surface area contributed by atoms with E-state index in [1.807, 2.05) is 30.3 Å². The molecule has 1 aromatic carbocycles. The van der Waals surface area contributed by atoms with Crippen molar-refractivity contribution in [2.45, 2.75) is 6.42 Å². The molecule has 0 unspecified atom stereocenters. The highest BCUT2D eigenvalue weighted by molar-refractivity contribution is 5.96. The number of pyridine rings is 1. The lowest BCUT2D eigenvalue weighted by Crippen LogP contribution is -2.30. The van der Waals surface area contributed by atoms with Gasteiger partial charge >= 0.3 is 0 Å². The summed E-state index contributed by atoms with van der Waals surface area (Å²) >= 11 is 0. The Labute approximate surface area is 173 Å². The van der Waals surface area contributed by atoms with E-state index >= 15 is 0 Å². The molecule has 0 spiro atoms. The van der Waals surface area contributed by atoms with Gasteiger partial charge in [0.15, 0.2) is 11.5 Å². The number of aromatic nitrogens is 2. The molecule has 0 aliphatic rings. The van der Waals surface area contributed by atoms with Crippen molar-refractivity contribution in [3.8, 4) is 23.1 Å². The van der Waals surface area contributed by atoms with E-state index in [2.05, 4.69) is 20.8 Å². The maximum absolute atomic E-state index is 12.3. The molecule has 9 heteroatoms. The van der Waals surface area contributed by atoms with Gasteiger partial charge in [0.2, 0.25) is 11.8 Å². The Morgan fingerprint density at radius 2 is 1.70 bits per heavy atom. The quantitative estimate of drug-likeness (QED) is 0.520. The highest BCUT2D eigenvalue weighted by Gasteiger charge is 2.15. The Balaban J connectivity index is 1.44. The number of nitrogens with one attached hydrogen (secondary N) is 2. The molecule has 30 heavy (non-hydrogen) atoms. The van der Waals surface area contributed by atoms with Crippen molar-refractivity contribution >= 4 is 11.8 Å². The molecule has 0 radical (unpaired) electrons. The van der Waals surface area contributed by atoms with Gasteiger partial charge in [-0.3, -0.25) is 9.59 Å². The number of rotatable bonds is 9. The zero-order valence-electron chi connectivity index (χ0n) is 16.7. The molecule has 2 amide bonds.